The first-order chi connectivity index (χ1) is 10.5. The van der Waals surface area contributed by atoms with Crippen LogP contribution in [0.15, 0.2) is 35.5 Å². The minimum atomic E-state index is -3.44. The average Bonchev–Trinajstić information content (AvgIpc) is 2.52. The molecular weight excluding hydrogens is 300 g/mol. The summed E-state index contributed by atoms with van der Waals surface area (Å²) in [5, 5.41) is -0.142. The molecule has 0 spiro atoms. The van der Waals surface area contributed by atoms with E-state index in [1.807, 2.05) is 30.3 Å². The summed E-state index contributed by atoms with van der Waals surface area (Å²) < 4.78 is 29.3. The smallest absolute Gasteiger partial charge is 0.250 e. The number of nitrogens with zero attached hydrogens (tertiary/aromatic N) is 2. The molecule has 1 aliphatic carbocycles. The van der Waals surface area contributed by atoms with Gasteiger partial charge in [-0.1, -0.05) is 30.3 Å². The molecule has 0 saturated heterocycles. The minimum absolute atomic E-state index is 0.142. The maximum Gasteiger partial charge on any atom is 0.250 e. The Morgan fingerprint density at radius 3 is 2.55 bits per heavy atom. The third kappa shape index (κ3) is 3.27. The molecule has 0 amide bonds. The summed E-state index contributed by atoms with van der Waals surface area (Å²) >= 11 is 0. The molecule has 2 aromatic rings. The van der Waals surface area contributed by atoms with E-state index in [1.165, 1.54) is 0 Å². The number of benzene rings is 1. The van der Waals surface area contributed by atoms with E-state index in [0.29, 0.717) is 12.5 Å². The lowest BCUT2D eigenvalue weighted by Gasteiger charge is -2.18. The third-order valence-corrected chi connectivity index (χ3v) is 4.52. The molecule has 0 radical (unpaired) electrons. The molecule has 0 fully saturated rings. The standard InChI is InChI=1S/C16H18N2O3S/c1-22(19,20)16-17-14-10-6-5-9-13(14)15(18-16)21-11-12-7-3-2-4-8-12/h2-4,7-8H,5-6,9-11H2,1H3. The van der Waals surface area contributed by atoms with Crippen LogP contribution in [0.4, 0.5) is 0 Å². The Hall–Kier alpha value is -1.95. The quantitative estimate of drug-likeness (QED) is 0.809. The van der Waals surface area contributed by atoms with Gasteiger partial charge in [-0.05, 0) is 31.2 Å². The summed E-state index contributed by atoms with van der Waals surface area (Å²) in [6.07, 6.45) is 4.81. The Morgan fingerprint density at radius 1 is 1.09 bits per heavy atom. The molecule has 1 aromatic heterocycles. The number of rotatable bonds is 4. The predicted molar refractivity (Wildman–Crippen MR) is 82.6 cm³/mol. The van der Waals surface area contributed by atoms with E-state index in [0.717, 1.165) is 48.8 Å². The van der Waals surface area contributed by atoms with Gasteiger partial charge in [0.15, 0.2) is 0 Å². The lowest BCUT2D eigenvalue weighted by atomic mass is 9.97. The van der Waals surface area contributed by atoms with Gasteiger partial charge in [0, 0.05) is 11.8 Å². The molecule has 6 heteroatoms. The van der Waals surface area contributed by atoms with Gasteiger partial charge in [-0.25, -0.2) is 13.4 Å². The van der Waals surface area contributed by atoms with E-state index < -0.39 is 9.84 Å². The fourth-order valence-electron chi connectivity index (χ4n) is 2.55. The van der Waals surface area contributed by atoms with Crippen LogP contribution in [0.2, 0.25) is 0 Å². The summed E-state index contributed by atoms with van der Waals surface area (Å²) in [5.74, 6) is 0.411. The van der Waals surface area contributed by atoms with Crippen LogP contribution in [-0.4, -0.2) is 24.6 Å². The zero-order valence-electron chi connectivity index (χ0n) is 12.4. The molecular formula is C16H18N2O3S. The highest BCUT2D eigenvalue weighted by Crippen LogP contribution is 2.28. The number of ether oxygens (including phenoxy) is 1. The minimum Gasteiger partial charge on any atom is -0.472 e. The van der Waals surface area contributed by atoms with E-state index in [4.69, 9.17) is 4.74 Å². The summed E-state index contributed by atoms with van der Waals surface area (Å²) in [7, 11) is -3.44. The predicted octanol–water partition coefficient (Wildman–Crippen LogP) is 2.34. The second-order valence-electron chi connectivity index (χ2n) is 5.49. The van der Waals surface area contributed by atoms with Crippen LogP contribution in [0.25, 0.3) is 0 Å². The average molecular weight is 318 g/mol. The number of fused-ring (bicyclic) bond motifs is 1. The summed E-state index contributed by atoms with van der Waals surface area (Å²) in [6.45, 7) is 0.369. The number of hydrogen-bond donors (Lipinski definition) is 0. The van der Waals surface area contributed by atoms with Crippen LogP contribution in [-0.2, 0) is 29.3 Å². The number of aromatic nitrogens is 2. The first kappa shape index (κ1) is 15.0. The van der Waals surface area contributed by atoms with E-state index >= 15 is 0 Å². The zero-order chi connectivity index (χ0) is 15.6. The summed E-state index contributed by atoms with van der Waals surface area (Å²) in [5.41, 5.74) is 2.78. The zero-order valence-corrected chi connectivity index (χ0v) is 13.3. The second-order valence-corrected chi connectivity index (χ2v) is 7.40. The SMILES string of the molecule is CS(=O)(=O)c1nc2c(c(OCc3ccccc3)n1)CCCC2. The molecule has 3 rings (SSSR count). The lowest BCUT2D eigenvalue weighted by Crippen LogP contribution is -2.15. The monoisotopic (exact) mass is 318 g/mol. The highest BCUT2D eigenvalue weighted by Gasteiger charge is 2.22. The number of hydrogen-bond acceptors (Lipinski definition) is 5. The molecule has 0 bridgehead atoms. The largest absolute Gasteiger partial charge is 0.472 e. The van der Waals surface area contributed by atoms with Gasteiger partial charge >= 0.3 is 0 Å². The van der Waals surface area contributed by atoms with Crippen LogP contribution in [0, 0.1) is 0 Å². The third-order valence-electron chi connectivity index (χ3n) is 3.67. The Bertz CT molecular complexity index is 773. The maximum atomic E-state index is 11.8. The molecule has 1 aliphatic rings. The Kier molecular flexibility index (Phi) is 4.11. The molecule has 5 nitrogen and oxygen atoms in total. The molecule has 0 aliphatic heterocycles. The van der Waals surface area contributed by atoms with Crippen molar-refractivity contribution in [2.24, 2.45) is 0 Å². The fourth-order valence-corrected chi connectivity index (χ4v) is 3.07. The first-order valence-corrected chi connectivity index (χ1v) is 9.20. The van der Waals surface area contributed by atoms with Gasteiger partial charge in [-0.2, -0.15) is 4.98 Å². The van der Waals surface area contributed by atoms with Crippen molar-refractivity contribution in [3.63, 3.8) is 0 Å². The van der Waals surface area contributed by atoms with Crippen LogP contribution in [0.1, 0.15) is 29.7 Å². The van der Waals surface area contributed by atoms with Gasteiger partial charge in [-0.3, -0.25) is 0 Å². The number of sulfone groups is 1. The van der Waals surface area contributed by atoms with Crippen molar-refractivity contribution in [1.29, 1.82) is 0 Å². The van der Waals surface area contributed by atoms with E-state index in [9.17, 15) is 8.42 Å². The molecule has 0 unspecified atom stereocenters. The Labute approximate surface area is 130 Å². The molecule has 0 N–H and O–H groups in total. The lowest BCUT2D eigenvalue weighted by molar-refractivity contribution is 0.284. The van der Waals surface area contributed by atoms with Crippen molar-refractivity contribution >= 4 is 9.84 Å². The highest BCUT2D eigenvalue weighted by molar-refractivity contribution is 7.90. The summed E-state index contributed by atoms with van der Waals surface area (Å²) in [4.78, 5) is 8.37. The van der Waals surface area contributed by atoms with Gasteiger partial charge in [-0.15, -0.1) is 0 Å². The second kappa shape index (κ2) is 6.04. The van der Waals surface area contributed by atoms with Gasteiger partial charge in [0.1, 0.15) is 6.61 Å². The molecule has 22 heavy (non-hydrogen) atoms. The van der Waals surface area contributed by atoms with Crippen molar-refractivity contribution in [2.75, 3.05) is 6.26 Å². The van der Waals surface area contributed by atoms with Gasteiger partial charge in [0.25, 0.3) is 0 Å². The summed E-state index contributed by atoms with van der Waals surface area (Å²) in [6, 6.07) is 9.75. The van der Waals surface area contributed by atoms with Crippen LogP contribution >= 0.6 is 0 Å². The fraction of sp³-hybridized carbons (Fsp3) is 0.375. The van der Waals surface area contributed by atoms with E-state index in [-0.39, 0.29) is 5.16 Å². The Balaban J connectivity index is 1.94. The molecule has 0 saturated carbocycles. The number of aryl methyl sites for hydroxylation is 1. The van der Waals surface area contributed by atoms with Crippen molar-refractivity contribution in [1.82, 2.24) is 9.97 Å². The van der Waals surface area contributed by atoms with E-state index in [1.54, 1.807) is 0 Å². The van der Waals surface area contributed by atoms with Crippen molar-refractivity contribution in [2.45, 2.75) is 37.4 Å². The Morgan fingerprint density at radius 2 is 1.82 bits per heavy atom. The van der Waals surface area contributed by atoms with Crippen molar-refractivity contribution in [3.8, 4) is 5.88 Å². The normalized spacial score (nSPS) is 14.4. The first-order valence-electron chi connectivity index (χ1n) is 7.30. The van der Waals surface area contributed by atoms with Crippen molar-refractivity contribution in [3.05, 3.63) is 47.2 Å². The molecule has 1 heterocycles. The van der Waals surface area contributed by atoms with Gasteiger partial charge in [0.2, 0.25) is 20.9 Å². The topological polar surface area (TPSA) is 69.2 Å². The van der Waals surface area contributed by atoms with Crippen molar-refractivity contribution < 1.29 is 13.2 Å². The molecule has 1 aromatic carbocycles. The van der Waals surface area contributed by atoms with E-state index in [2.05, 4.69) is 9.97 Å². The van der Waals surface area contributed by atoms with Crippen LogP contribution in [0.3, 0.4) is 0 Å². The molecule has 116 valence electrons. The van der Waals surface area contributed by atoms with Gasteiger partial charge in [0.05, 0.1) is 5.69 Å². The van der Waals surface area contributed by atoms with Crippen LogP contribution < -0.4 is 4.74 Å². The van der Waals surface area contributed by atoms with Crippen LogP contribution in [0.5, 0.6) is 5.88 Å². The highest BCUT2D eigenvalue weighted by atomic mass is 32.2. The van der Waals surface area contributed by atoms with Gasteiger partial charge < -0.3 is 4.74 Å². The maximum absolute atomic E-state index is 11.8. The molecule has 0 atom stereocenters.